The second-order valence-electron chi connectivity index (χ2n) is 6.46. The summed E-state index contributed by atoms with van der Waals surface area (Å²) in [5.41, 5.74) is 1.78. The van der Waals surface area contributed by atoms with Gasteiger partial charge in [-0.2, -0.15) is 0 Å². The number of fused-ring (bicyclic) bond motifs is 1. The third-order valence-electron chi connectivity index (χ3n) is 4.41. The molecule has 1 aromatic carbocycles. The maximum absolute atomic E-state index is 13.2. The lowest BCUT2D eigenvalue weighted by Gasteiger charge is -2.13. The van der Waals surface area contributed by atoms with E-state index in [0.717, 1.165) is 17.5 Å². The number of amides is 1. The summed E-state index contributed by atoms with van der Waals surface area (Å²) in [7, 11) is 0. The lowest BCUT2D eigenvalue weighted by Crippen LogP contribution is -2.33. The number of nitrogens with one attached hydrogen (secondary N) is 1. The van der Waals surface area contributed by atoms with E-state index in [4.69, 9.17) is 0 Å². The Kier molecular flexibility index (Phi) is 6.70. The Balaban J connectivity index is 1.98. The highest BCUT2D eigenvalue weighted by atomic mass is 32.2. The largest absolute Gasteiger partial charge is 0.353 e. The van der Waals surface area contributed by atoms with Crippen molar-refractivity contribution in [1.29, 1.82) is 0 Å². The van der Waals surface area contributed by atoms with E-state index in [1.165, 1.54) is 23.1 Å². The molecule has 0 bridgehead atoms. The highest BCUT2D eigenvalue weighted by Gasteiger charge is 2.18. The predicted molar refractivity (Wildman–Crippen MR) is 118 cm³/mol. The molecule has 146 valence electrons. The lowest BCUT2D eigenvalue weighted by atomic mass is 10.1. The number of thiophene rings is 1. The third kappa shape index (κ3) is 4.36. The van der Waals surface area contributed by atoms with E-state index in [9.17, 15) is 9.59 Å². The summed E-state index contributed by atoms with van der Waals surface area (Å²) in [6.45, 7) is 8.10. The number of aromatic nitrogens is 2. The fourth-order valence-corrected chi connectivity index (χ4v) is 4.59. The average molecular weight is 414 g/mol. The second kappa shape index (κ2) is 9.21. The minimum Gasteiger partial charge on any atom is -0.353 e. The topological polar surface area (TPSA) is 64.0 Å². The number of rotatable bonds is 8. The summed E-state index contributed by atoms with van der Waals surface area (Å²) in [6.07, 6.45) is 2.55. The van der Waals surface area contributed by atoms with Crippen molar-refractivity contribution in [2.75, 3.05) is 5.75 Å². The van der Waals surface area contributed by atoms with Gasteiger partial charge in [0.15, 0.2) is 5.16 Å². The van der Waals surface area contributed by atoms with Crippen LogP contribution in [0.5, 0.6) is 0 Å². The van der Waals surface area contributed by atoms with Gasteiger partial charge in [-0.05, 0) is 18.9 Å². The van der Waals surface area contributed by atoms with Crippen molar-refractivity contribution >= 4 is 39.2 Å². The Morgan fingerprint density at radius 3 is 2.82 bits per heavy atom. The van der Waals surface area contributed by atoms with Crippen LogP contribution in [-0.2, 0) is 11.3 Å². The minimum absolute atomic E-state index is 0.0602. The first-order valence-corrected chi connectivity index (χ1v) is 11.0. The maximum atomic E-state index is 13.2. The van der Waals surface area contributed by atoms with Crippen molar-refractivity contribution in [3.05, 3.63) is 58.7 Å². The second-order valence-corrected chi connectivity index (χ2v) is 8.26. The summed E-state index contributed by atoms with van der Waals surface area (Å²) in [6, 6.07) is 9.96. The molecule has 1 N–H and O–H groups in total. The van der Waals surface area contributed by atoms with Crippen LogP contribution in [-0.4, -0.2) is 27.3 Å². The van der Waals surface area contributed by atoms with Gasteiger partial charge >= 0.3 is 0 Å². The van der Waals surface area contributed by atoms with Gasteiger partial charge in [0.25, 0.3) is 5.56 Å². The molecule has 0 fully saturated rings. The molecule has 0 radical (unpaired) electrons. The van der Waals surface area contributed by atoms with E-state index in [2.05, 4.69) is 16.9 Å². The van der Waals surface area contributed by atoms with E-state index in [1.54, 1.807) is 10.6 Å². The predicted octanol–water partition coefficient (Wildman–Crippen LogP) is 4.32. The van der Waals surface area contributed by atoms with Crippen LogP contribution in [0.25, 0.3) is 21.3 Å². The van der Waals surface area contributed by atoms with Gasteiger partial charge in [-0.1, -0.05) is 55.1 Å². The van der Waals surface area contributed by atoms with Crippen molar-refractivity contribution in [3.8, 4) is 11.1 Å². The molecular formula is C21H23N3O2S2. The maximum Gasteiger partial charge on any atom is 0.263 e. The van der Waals surface area contributed by atoms with Gasteiger partial charge < -0.3 is 5.32 Å². The first kappa shape index (κ1) is 20.4. The van der Waals surface area contributed by atoms with Gasteiger partial charge in [0.2, 0.25) is 5.91 Å². The van der Waals surface area contributed by atoms with E-state index < -0.39 is 0 Å². The van der Waals surface area contributed by atoms with Gasteiger partial charge in [0.1, 0.15) is 4.83 Å². The zero-order valence-electron chi connectivity index (χ0n) is 16.0. The molecule has 5 nitrogen and oxygen atoms in total. The number of thioether (sulfide) groups is 1. The van der Waals surface area contributed by atoms with Gasteiger partial charge in [-0.15, -0.1) is 17.9 Å². The Morgan fingerprint density at radius 1 is 1.39 bits per heavy atom. The van der Waals surface area contributed by atoms with Crippen LogP contribution >= 0.6 is 23.1 Å². The quantitative estimate of drug-likeness (QED) is 0.339. The van der Waals surface area contributed by atoms with Crippen LogP contribution in [0.15, 0.2) is 58.3 Å². The van der Waals surface area contributed by atoms with Crippen LogP contribution < -0.4 is 10.9 Å². The summed E-state index contributed by atoms with van der Waals surface area (Å²) in [4.78, 5) is 30.7. The van der Waals surface area contributed by atoms with Crippen LogP contribution in [0.3, 0.4) is 0 Å². The number of nitrogens with zero attached hydrogens (tertiary/aromatic N) is 2. The number of carbonyl (C=O) groups is 1. The minimum atomic E-state index is -0.102. The number of hydrogen-bond acceptors (Lipinski definition) is 5. The molecule has 2 heterocycles. The molecule has 0 saturated heterocycles. The summed E-state index contributed by atoms with van der Waals surface area (Å²) >= 11 is 2.73. The van der Waals surface area contributed by atoms with Crippen molar-refractivity contribution in [3.63, 3.8) is 0 Å². The monoisotopic (exact) mass is 413 g/mol. The van der Waals surface area contributed by atoms with E-state index in [1.807, 2.05) is 49.6 Å². The van der Waals surface area contributed by atoms with E-state index in [0.29, 0.717) is 21.9 Å². The molecular weight excluding hydrogens is 390 g/mol. The van der Waals surface area contributed by atoms with Gasteiger partial charge in [0.05, 0.1) is 11.1 Å². The number of benzene rings is 1. The fourth-order valence-electron chi connectivity index (χ4n) is 2.78. The van der Waals surface area contributed by atoms with Crippen LogP contribution in [0, 0.1) is 0 Å². The lowest BCUT2D eigenvalue weighted by molar-refractivity contribution is -0.119. The highest BCUT2D eigenvalue weighted by Crippen LogP contribution is 2.32. The first-order valence-electron chi connectivity index (χ1n) is 9.15. The molecule has 0 aliphatic heterocycles. The molecule has 0 aliphatic carbocycles. The fraction of sp³-hybridized carbons (Fsp3) is 0.286. The molecule has 1 atom stereocenters. The Morgan fingerprint density at radius 2 is 2.14 bits per heavy atom. The Hall–Kier alpha value is -2.38. The SMILES string of the molecule is C=CCn1c(SCC(=O)N[C@@H](C)CC)nc2scc(-c3ccccc3)c2c1=O. The number of carbonyl (C=O) groups excluding carboxylic acids is 1. The molecule has 1 amide bonds. The summed E-state index contributed by atoms with van der Waals surface area (Å²) in [5, 5.41) is 6.06. The average Bonchev–Trinajstić information content (AvgIpc) is 3.13. The van der Waals surface area contributed by atoms with Gasteiger partial charge in [-0.3, -0.25) is 14.2 Å². The number of hydrogen-bond donors (Lipinski definition) is 1. The zero-order chi connectivity index (χ0) is 20.1. The smallest absolute Gasteiger partial charge is 0.263 e. The van der Waals surface area contributed by atoms with Crippen molar-refractivity contribution in [2.24, 2.45) is 0 Å². The molecule has 3 rings (SSSR count). The van der Waals surface area contributed by atoms with Crippen LogP contribution in [0.4, 0.5) is 0 Å². The Labute approximate surface area is 172 Å². The van der Waals surface area contributed by atoms with Crippen molar-refractivity contribution in [1.82, 2.24) is 14.9 Å². The molecule has 0 unspecified atom stereocenters. The number of allylic oxidation sites excluding steroid dienone is 1. The molecule has 28 heavy (non-hydrogen) atoms. The van der Waals surface area contributed by atoms with Gasteiger partial charge in [0, 0.05) is 23.5 Å². The standard InChI is InChI=1S/C21H23N3O2S2/c1-4-11-24-20(26)18-16(15-9-7-6-8-10-15)12-27-19(18)23-21(24)28-13-17(25)22-14(3)5-2/h4,6-10,12,14H,1,5,11,13H2,2-3H3,(H,22,25)/t14-/m0/s1. The third-order valence-corrected chi connectivity index (χ3v) is 6.26. The molecule has 3 aromatic rings. The summed E-state index contributed by atoms with van der Waals surface area (Å²) in [5.74, 6) is 0.158. The van der Waals surface area contributed by atoms with Gasteiger partial charge in [-0.25, -0.2) is 4.98 Å². The molecule has 7 heteroatoms. The molecule has 2 aromatic heterocycles. The van der Waals surface area contributed by atoms with Crippen molar-refractivity contribution in [2.45, 2.75) is 38.0 Å². The van der Waals surface area contributed by atoms with Crippen molar-refractivity contribution < 1.29 is 4.79 Å². The molecule has 0 aliphatic rings. The normalized spacial score (nSPS) is 12.1. The molecule has 0 spiro atoms. The Bertz CT molecular complexity index is 1040. The highest BCUT2D eigenvalue weighted by molar-refractivity contribution is 7.99. The van der Waals surface area contributed by atoms with Crippen LogP contribution in [0.1, 0.15) is 20.3 Å². The van der Waals surface area contributed by atoms with Crippen LogP contribution in [0.2, 0.25) is 0 Å². The van der Waals surface area contributed by atoms with E-state index >= 15 is 0 Å². The first-order chi connectivity index (χ1) is 13.5. The summed E-state index contributed by atoms with van der Waals surface area (Å²) < 4.78 is 1.59. The van der Waals surface area contributed by atoms with E-state index in [-0.39, 0.29) is 23.3 Å². The zero-order valence-corrected chi connectivity index (χ0v) is 17.6. The molecule has 0 saturated carbocycles.